The third kappa shape index (κ3) is 2.89. The molecule has 2 fully saturated rings. The van der Waals surface area contributed by atoms with E-state index in [0.29, 0.717) is 32.5 Å². The first-order valence-corrected chi connectivity index (χ1v) is 8.27. The minimum absolute atomic E-state index is 0.0105. The predicted molar refractivity (Wildman–Crippen MR) is 69.2 cm³/mol. The molecule has 0 aromatic carbocycles. The number of amides is 2. The number of nitrogens with zero attached hydrogens (tertiary/aromatic N) is 2. The van der Waals surface area contributed by atoms with E-state index in [1.165, 1.54) is 4.31 Å². The molecule has 0 atom stereocenters. The van der Waals surface area contributed by atoms with Gasteiger partial charge in [0.15, 0.2) is 0 Å². The molecule has 0 aliphatic carbocycles. The summed E-state index contributed by atoms with van der Waals surface area (Å²) in [5.41, 5.74) is 0. The molecule has 0 radical (unpaired) electrons. The first-order chi connectivity index (χ1) is 8.54. The molecule has 0 aromatic heterocycles. The van der Waals surface area contributed by atoms with E-state index in [2.05, 4.69) is 5.32 Å². The molecule has 8 heteroatoms. The number of alkyl halides is 1. The van der Waals surface area contributed by atoms with Gasteiger partial charge in [-0.2, -0.15) is 0 Å². The van der Waals surface area contributed by atoms with E-state index in [0.717, 1.165) is 6.54 Å². The van der Waals surface area contributed by atoms with Gasteiger partial charge in [0.25, 0.3) is 0 Å². The molecule has 0 unspecified atom stereocenters. The van der Waals surface area contributed by atoms with Crippen LogP contribution in [0.2, 0.25) is 0 Å². The molecule has 2 saturated heterocycles. The number of carbonyl (C=O) groups is 1. The number of halogens is 1. The van der Waals surface area contributed by atoms with Crippen LogP contribution in [-0.4, -0.2) is 67.5 Å². The molecular weight excluding hydrogens is 278 g/mol. The van der Waals surface area contributed by atoms with E-state index >= 15 is 0 Å². The molecule has 18 heavy (non-hydrogen) atoms. The van der Waals surface area contributed by atoms with Crippen molar-refractivity contribution in [2.45, 2.75) is 18.9 Å². The molecule has 2 aliphatic rings. The average molecular weight is 296 g/mol. The number of piperidine rings is 1. The third-order valence-corrected chi connectivity index (χ3v) is 5.77. The highest BCUT2D eigenvalue weighted by atomic mass is 35.5. The van der Waals surface area contributed by atoms with Crippen LogP contribution in [0.25, 0.3) is 0 Å². The van der Waals surface area contributed by atoms with Crippen molar-refractivity contribution in [2.24, 2.45) is 0 Å². The molecule has 2 amide bonds. The van der Waals surface area contributed by atoms with E-state index < -0.39 is 10.0 Å². The zero-order valence-electron chi connectivity index (χ0n) is 10.1. The van der Waals surface area contributed by atoms with Crippen LogP contribution in [0.15, 0.2) is 0 Å². The Balaban J connectivity index is 1.90. The van der Waals surface area contributed by atoms with Gasteiger partial charge in [-0.05, 0) is 12.8 Å². The lowest BCUT2D eigenvalue weighted by Crippen LogP contribution is -2.48. The van der Waals surface area contributed by atoms with Crippen LogP contribution in [0.5, 0.6) is 0 Å². The Morgan fingerprint density at radius 3 is 2.44 bits per heavy atom. The second-order valence-corrected chi connectivity index (χ2v) is 7.03. The van der Waals surface area contributed by atoms with Gasteiger partial charge in [-0.1, -0.05) is 0 Å². The van der Waals surface area contributed by atoms with Gasteiger partial charge >= 0.3 is 6.03 Å². The minimum Gasteiger partial charge on any atom is -0.336 e. The molecule has 104 valence electrons. The van der Waals surface area contributed by atoms with E-state index in [4.69, 9.17) is 11.6 Å². The molecule has 0 aromatic rings. The fourth-order valence-corrected chi connectivity index (χ4v) is 4.30. The third-order valence-electron chi connectivity index (χ3n) is 3.48. The summed E-state index contributed by atoms with van der Waals surface area (Å²) in [6.45, 7) is 2.36. The molecule has 2 rings (SSSR count). The summed E-state index contributed by atoms with van der Waals surface area (Å²) < 4.78 is 25.1. The van der Waals surface area contributed by atoms with E-state index in [9.17, 15) is 13.2 Å². The number of rotatable bonds is 4. The molecule has 0 bridgehead atoms. The van der Waals surface area contributed by atoms with E-state index in [1.54, 1.807) is 0 Å². The molecule has 0 saturated carbocycles. The fraction of sp³-hybridized carbons (Fsp3) is 0.900. The van der Waals surface area contributed by atoms with Gasteiger partial charge in [0.1, 0.15) is 0 Å². The Kier molecular flexibility index (Phi) is 4.34. The summed E-state index contributed by atoms with van der Waals surface area (Å²) in [5.74, 6) is 0.111. The second kappa shape index (κ2) is 5.63. The van der Waals surface area contributed by atoms with Crippen LogP contribution >= 0.6 is 11.6 Å². The summed E-state index contributed by atoms with van der Waals surface area (Å²) >= 11 is 5.49. The average Bonchev–Trinajstić information content (AvgIpc) is 2.76. The first kappa shape index (κ1) is 13.9. The lowest BCUT2D eigenvalue weighted by Gasteiger charge is -2.35. The highest BCUT2D eigenvalue weighted by Crippen LogP contribution is 2.20. The largest absolute Gasteiger partial charge is 0.336 e. The molecule has 2 aliphatic heterocycles. The Morgan fingerprint density at radius 1 is 1.28 bits per heavy atom. The minimum atomic E-state index is -3.21. The van der Waals surface area contributed by atoms with Crippen molar-refractivity contribution in [3.05, 3.63) is 0 Å². The van der Waals surface area contributed by atoms with E-state index in [1.807, 2.05) is 4.90 Å². The van der Waals surface area contributed by atoms with Crippen molar-refractivity contribution in [1.82, 2.24) is 14.5 Å². The number of urea groups is 1. The van der Waals surface area contributed by atoms with E-state index in [-0.39, 0.29) is 23.7 Å². The van der Waals surface area contributed by atoms with Crippen LogP contribution < -0.4 is 5.32 Å². The summed E-state index contributed by atoms with van der Waals surface area (Å²) in [6, 6.07) is 0.131. The Morgan fingerprint density at radius 2 is 1.94 bits per heavy atom. The summed E-state index contributed by atoms with van der Waals surface area (Å²) in [6.07, 6.45) is 1.41. The van der Waals surface area contributed by atoms with Gasteiger partial charge in [0.2, 0.25) is 10.0 Å². The lowest BCUT2D eigenvalue weighted by molar-refractivity contribution is 0.167. The van der Waals surface area contributed by atoms with Crippen molar-refractivity contribution in [3.8, 4) is 0 Å². The van der Waals surface area contributed by atoms with Crippen LogP contribution in [0.4, 0.5) is 4.79 Å². The van der Waals surface area contributed by atoms with Gasteiger partial charge in [-0.25, -0.2) is 17.5 Å². The highest BCUT2D eigenvalue weighted by Gasteiger charge is 2.33. The second-order valence-electron chi connectivity index (χ2n) is 4.56. The monoisotopic (exact) mass is 295 g/mol. The van der Waals surface area contributed by atoms with Crippen LogP contribution in [0, 0.1) is 0 Å². The van der Waals surface area contributed by atoms with Crippen LogP contribution in [0.1, 0.15) is 12.8 Å². The standard InChI is InChI=1S/C10H18ClN3O3S/c11-3-8-18(16,17)13-5-1-9(2-6-13)14-7-4-12-10(14)15/h9H,1-8H2,(H,12,15). The van der Waals surface area contributed by atoms with Crippen LogP contribution in [0.3, 0.4) is 0 Å². The number of hydrogen-bond acceptors (Lipinski definition) is 3. The molecule has 1 N–H and O–H groups in total. The maximum absolute atomic E-state index is 11.8. The normalized spacial score (nSPS) is 23.4. The van der Waals surface area contributed by atoms with Gasteiger partial charge in [0.05, 0.1) is 5.75 Å². The zero-order valence-corrected chi connectivity index (χ0v) is 11.7. The Labute approximate surface area is 112 Å². The Bertz CT molecular complexity index is 407. The van der Waals surface area contributed by atoms with Crippen molar-refractivity contribution in [2.75, 3.05) is 37.8 Å². The molecular formula is C10H18ClN3O3S. The van der Waals surface area contributed by atoms with Crippen LogP contribution in [-0.2, 0) is 10.0 Å². The van der Waals surface area contributed by atoms with Gasteiger partial charge in [0, 0.05) is 38.1 Å². The van der Waals surface area contributed by atoms with Gasteiger partial charge < -0.3 is 10.2 Å². The SMILES string of the molecule is O=C1NCCN1C1CCN(S(=O)(=O)CCCl)CC1. The number of sulfonamides is 1. The predicted octanol–water partition coefficient (Wildman–Crippen LogP) is 0.0446. The molecule has 0 spiro atoms. The summed E-state index contributed by atoms with van der Waals surface area (Å²) in [4.78, 5) is 13.3. The zero-order chi connectivity index (χ0) is 13.2. The van der Waals surface area contributed by atoms with Crippen molar-refractivity contribution >= 4 is 27.7 Å². The Hall–Kier alpha value is -0.530. The van der Waals surface area contributed by atoms with Crippen molar-refractivity contribution in [3.63, 3.8) is 0 Å². The fourth-order valence-electron chi connectivity index (χ4n) is 2.49. The number of hydrogen-bond donors (Lipinski definition) is 1. The topological polar surface area (TPSA) is 69.7 Å². The number of carbonyl (C=O) groups excluding carboxylic acids is 1. The summed E-state index contributed by atoms with van der Waals surface area (Å²) in [5, 5.41) is 2.77. The van der Waals surface area contributed by atoms with Gasteiger partial charge in [-0.3, -0.25) is 0 Å². The van der Waals surface area contributed by atoms with Crippen molar-refractivity contribution < 1.29 is 13.2 Å². The summed E-state index contributed by atoms with van der Waals surface area (Å²) in [7, 11) is -3.21. The maximum atomic E-state index is 11.8. The van der Waals surface area contributed by atoms with Crippen molar-refractivity contribution in [1.29, 1.82) is 0 Å². The van der Waals surface area contributed by atoms with Gasteiger partial charge in [-0.15, -0.1) is 11.6 Å². The number of nitrogens with one attached hydrogen (secondary N) is 1. The smallest absolute Gasteiger partial charge is 0.317 e. The highest BCUT2D eigenvalue weighted by molar-refractivity contribution is 7.89. The molecule has 2 heterocycles. The quantitative estimate of drug-likeness (QED) is 0.745. The molecule has 6 nitrogen and oxygen atoms in total. The lowest BCUT2D eigenvalue weighted by atomic mass is 10.1. The first-order valence-electron chi connectivity index (χ1n) is 6.13. The maximum Gasteiger partial charge on any atom is 0.317 e.